The standard InChI is InChI=1S/C15H18N4OS/c1-8-7-21-15-13(8)14(16-9(2)17-15)18-10-5-12(20)19(6-10)11-3-4-11/h7,10-11H,3-6H2,1-2H3,(H,16,17,18). The average Bonchev–Trinajstić information content (AvgIpc) is 3.11. The minimum Gasteiger partial charge on any atom is -0.364 e. The Morgan fingerprint density at radius 1 is 1.33 bits per heavy atom. The van der Waals surface area contributed by atoms with Crippen LogP contribution in [0.5, 0.6) is 0 Å². The molecule has 0 aromatic carbocycles. The highest BCUT2D eigenvalue weighted by molar-refractivity contribution is 7.17. The van der Waals surface area contributed by atoms with Gasteiger partial charge in [0.1, 0.15) is 16.5 Å². The normalized spacial score (nSPS) is 22.3. The van der Waals surface area contributed by atoms with Crippen molar-refractivity contribution < 1.29 is 4.79 Å². The Labute approximate surface area is 127 Å². The lowest BCUT2D eigenvalue weighted by Crippen LogP contribution is -2.30. The van der Waals surface area contributed by atoms with Gasteiger partial charge >= 0.3 is 0 Å². The SMILES string of the molecule is Cc1nc(NC2CC(=O)N(C3CC3)C2)c2c(C)csc2n1. The summed E-state index contributed by atoms with van der Waals surface area (Å²) in [7, 11) is 0. The molecule has 1 atom stereocenters. The summed E-state index contributed by atoms with van der Waals surface area (Å²) >= 11 is 1.65. The number of hydrogen-bond acceptors (Lipinski definition) is 5. The second-order valence-corrected chi connectivity index (χ2v) is 6.90. The molecule has 1 saturated heterocycles. The van der Waals surface area contributed by atoms with Crippen molar-refractivity contribution in [2.24, 2.45) is 0 Å². The summed E-state index contributed by atoms with van der Waals surface area (Å²) in [6.07, 6.45) is 2.90. The smallest absolute Gasteiger partial charge is 0.225 e. The van der Waals surface area contributed by atoms with Gasteiger partial charge in [-0.1, -0.05) is 0 Å². The third-order valence-electron chi connectivity index (χ3n) is 4.22. The molecule has 0 radical (unpaired) electrons. The van der Waals surface area contributed by atoms with E-state index in [4.69, 9.17) is 0 Å². The van der Waals surface area contributed by atoms with Crippen LogP contribution in [0, 0.1) is 13.8 Å². The van der Waals surface area contributed by atoms with E-state index in [9.17, 15) is 4.79 Å². The fraction of sp³-hybridized carbons (Fsp3) is 0.533. The summed E-state index contributed by atoms with van der Waals surface area (Å²) in [6.45, 7) is 4.80. The summed E-state index contributed by atoms with van der Waals surface area (Å²) in [5, 5.41) is 6.70. The molecule has 1 saturated carbocycles. The van der Waals surface area contributed by atoms with Crippen LogP contribution >= 0.6 is 11.3 Å². The predicted octanol–water partition coefficient (Wildman–Crippen LogP) is 2.48. The van der Waals surface area contributed by atoms with Crippen LogP contribution in [0.3, 0.4) is 0 Å². The summed E-state index contributed by atoms with van der Waals surface area (Å²) in [4.78, 5) is 24.2. The van der Waals surface area contributed by atoms with E-state index in [0.29, 0.717) is 12.5 Å². The van der Waals surface area contributed by atoms with Gasteiger partial charge in [-0.2, -0.15) is 0 Å². The minimum atomic E-state index is 0.162. The van der Waals surface area contributed by atoms with Crippen LogP contribution in [-0.2, 0) is 4.79 Å². The van der Waals surface area contributed by atoms with E-state index >= 15 is 0 Å². The zero-order valence-corrected chi connectivity index (χ0v) is 13.0. The van der Waals surface area contributed by atoms with Gasteiger partial charge in [0.15, 0.2) is 0 Å². The summed E-state index contributed by atoms with van der Waals surface area (Å²) in [5.74, 6) is 1.93. The van der Waals surface area contributed by atoms with Crippen LogP contribution in [0.25, 0.3) is 10.2 Å². The minimum absolute atomic E-state index is 0.162. The highest BCUT2D eigenvalue weighted by Crippen LogP contribution is 2.33. The van der Waals surface area contributed by atoms with E-state index in [-0.39, 0.29) is 11.9 Å². The van der Waals surface area contributed by atoms with Gasteiger partial charge in [0.05, 0.1) is 11.4 Å². The van der Waals surface area contributed by atoms with Gasteiger partial charge in [0, 0.05) is 19.0 Å². The molecule has 0 bridgehead atoms. The molecule has 1 N–H and O–H groups in total. The molecule has 1 amide bonds. The van der Waals surface area contributed by atoms with Crippen LogP contribution in [0.1, 0.15) is 30.7 Å². The number of thiophene rings is 1. The van der Waals surface area contributed by atoms with Gasteiger partial charge in [-0.3, -0.25) is 4.79 Å². The van der Waals surface area contributed by atoms with Crippen LogP contribution in [0.4, 0.5) is 5.82 Å². The number of likely N-dealkylation sites (tertiary alicyclic amines) is 1. The lowest BCUT2D eigenvalue weighted by atomic mass is 10.2. The molecule has 1 unspecified atom stereocenters. The molecule has 1 aliphatic carbocycles. The first-order chi connectivity index (χ1) is 10.1. The maximum atomic E-state index is 12.1. The first-order valence-electron chi connectivity index (χ1n) is 7.40. The van der Waals surface area contributed by atoms with Gasteiger partial charge in [-0.15, -0.1) is 11.3 Å². The van der Waals surface area contributed by atoms with Gasteiger partial charge in [-0.25, -0.2) is 9.97 Å². The van der Waals surface area contributed by atoms with Crippen molar-refractivity contribution in [1.29, 1.82) is 0 Å². The number of aromatic nitrogens is 2. The first-order valence-corrected chi connectivity index (χ1v) is 8.28. The predicted molar refractivity (Wildman–Crippen MR) is 83.7 cm³/mol. The topological polar surface area (TPSA) is 58.1 Å². The Morgan fingerprint density at radius 2 is 2.14 bits per heavy atom. The quantitative estimate of drug-likeness (QED) is 0.946. The molecule has 2 aliphatic rings. The highest BCUT2D eigenvalue weighted by atomic mass is 32.1. The Hall–Kier alpha value is -1.69. The van der Waals surface area contributed by atoms with E-state index in [1.165, 1.54) is 18.4 Å². The zero-order chi connectivity index (χ0) is 14.6. The molecule has 110 valence electrons. The maximum Gasteiger partial charge on any atom is 0.225 e. The van der Waals surface area contributed by atoms with Crippen LogP contribution < -0.4 is 5.32 Å². The molecular weight excluding hydrogens is 284 g/mol. The van der Waals surface area contributed by atoms with Crippen molar-refractivity contribution in [2.45, 2.75) is 45.2 Å². The molecule has 5 nitrogen and oxygen atoms in total. The molecule has 0 spiro atoms. The molecule has 2 aromatic rings. The first kappa shape index (κ1) is 13.0. The number of rotatable bonds is 3. The van der Waals surface area contributed by atoms with E-state index in [0.717, 1.165) is 28.4 Å². The second kappa shape index (κ2) is 4.66. The van der Waals surface area contributed by atoms with Crippen molar-refractivity contribution >= 4 is 33.3 Å². The molecule has 2 fully saturated rings. The third-order valence-corrected chi connectivity index (χ3v) is 5.21. The fourth-order valence-electron chi connectivity index (χ4n) is 3.06. The number of hydrogen-bond donors (Lipinski definition) is 1. The monoisotopic (exact) mass is 302 g/mol. The lowest BCUT2D eigenvalue weighted by Gasteiger charge is -2.17. The van der Waals surface area contributed by atoms with Crippen molar-refractivity contribution in [3.05, 3.63) is 16.8 Å². The maximum absolute atomic E-state index is 12.1. The molecule has 3 heterocycles. The number of carbonyl (C=O) groups excluding carboxylic acids is 1. The van der Waals surface area contributed by atoms with E-state index in [2.05, 4.69) is 27.6 Å². The Bertz CT molecular complexity index is 722. The average molecular weight is 302 g/mol. The number of anilines is 1. The lowest BCUT2D eigenvalue weighted by molar-refractivity contribution is -0.128. The van der Waals surface area contributed by atoms with Gasteiger partial charge in [0.2, 0.25) is 5.91 Å². The summed E-state index contributed by atoms with van der Waals surface area (Å²) < 4.78 is 0. The fourth-order valence-corrected chi connectivity index (χ4v) is 4.02. The molecule has 2 aromatic heterocycles. The Morgan fingerprint density at radius 3 is 2.90 bits per heavy atom. The second-order valence-electron chi connectivity index (χ2n) is 6.04. The number of fused-ring (bicyclic) bond motifs is 1. The van der Waals surface area contributed by atoms with E-state index in [1.54, 1.807) is 11.3 Å². The van der Waals surface area contributed by atoms with Crippen LogP contribution in [0.2, 0.25) is 0 Å². The van der Waals surface area contributed by atoms with Gasteiger partial charge in [-0.05, 0) is 37.6 Å². The molecular formula is C15H18N4OS. The zero-order valence-electron chi connectivity index (χ0n) is 12.2. The van der Waals surface area contributed by atoms with Gasteiger partial charge in [0.25, 0.3) is 0 Å². The third kappa shape index (κ3) is 2.27. The van der Waals surface area contributed by atoms with Gasteiger partial charge < -0.3 is 10.2 Å². The number of nitrogens with one attached hydrogen (secondary N) is 1. The van der Waals surface area contributed by atoms with Crippen molar-refractivity contribution in [3.63, 3.8) is 0 Å². The number of carbonyl (C=O) groups is 1. The Kier molecular flexibility index (Phi) is 2.89. The number of amides is 1. The largest absolute Gasteiger partial charge is 0.364 e. The summed E-state index contributed by atoms with van der Waals surface area (Å²) in [5.41, 5.74) is 1.20. The molecule has 4 rings (SSSR count). The molecule has 6 heteroatoms. The molecule has 21 heavy (non-hydrogen) atoms. The van der Waals surface area contributed by atoms with Crippen molar-refractivity contribution in [2.75, 3.05) is 11.9 Å². The van der Waals surface area contributed by atoms with Crippen molar-refractivity contribution in [1.82, 2.24) is 14.9 Å². The highest BCUT2D eigenvalue weighted by Gasteiger charge is 2.39. The number of nitrogens with zero attached hydrogens (tertiary/aromatic N) is 3. The molecule has 1 aliphatic heterocycles. The number of aryl methyl sites for hydroxylation is 2. The summed E-state index contributed by atoms with van der Waals surface area (Å²) in [6, 6.07) is 0.661. The van der Waals surface area contributed by atoms with E-state index < -0.39 is 0 Å². The van der Waals surface area contributed by atoms with Crippen LogP contribution in [0.15, 0.2) is 5.38 Å². The Balaban J connectivity index is 1.62. The van der Waals surface area contributed by atoms with Crippen molar-refractivity contribution in [3.8, 4) is 0 Å². The van der Waals surface area contributed by atoms with Crippen LogP contribution in [-0.4, -0.2) is 39.4 Å². The van der Waals surface area contributed by atoms with E-state index in [1.807, 2.05) is 11.8 Å².